The van der Waals surface area contributed by atoms with E-state index in [2.05, 4.69) is 10.0 Å². The number of hydrogen-bond donors (Lipinski definition) is 2. The first kappa shape index (κ1) is 19.6. The lowest BCUT2D eigenvalue weighted by atomic mass is 10.2. The summed E-state index contributed by atoms with van der Waals surface area (Å²) < 4.78 is 26.6. The van der Waals surface area contributed by atoms with Crippen LogP contribution >= 0.6 is 11.3 Å². The third kappa shape index (κ3) is 5.12. The van der Waals surface area contributed by atoms with Gasteiger partial charge in [-0.2, -0.15) is 0 Å². The molecule has 1 unspecified atom stereocenters. The Labute approximate surface area is 152 Å². The first-order valence-electron chi connectivity index (χ1n) is 7.93. The summed E-state index contributed by atoms with van der Waals surface area (Å²) >= 11 is 1.64. The Morgan fingerprint density at radius 1 is 1.24 bits per heavy atom. The topological polar surface area (TPSA) is 78.5 Å². The average Bonchev–Trinajstić information content (AvgIpc) is 3.09. The molecule has 0 aliphatic carbocycles. The van der Waals surface area contributed by atoms with E-state index >= 15 is 0 Å². The number of nitrogens with one attached hydrogen (secondary N) is 2. The summed E-state index contributed by atoms with van der Waals surface area (Å²) in [6.45, 7) is 2.45. The average molecular weight is 382 g/mol. The van der Waals surface area contributed by atoms with Gasteiger partial charge in [0, 0.05) is 23.5 Å². The molecule has 0 aliphatic rings. The molecule has 1 aromatic carbocycles. The van der Waals surface area contributed by atoms with E-state index in [4.69, 9.17) is 0 Å². The van der Waals surface area contributed by atoms with Crippen molar-refractivity contribution in [3.63, 3.8) is 0 Å². The molecule has 2 N–H and O–H groups in total. The molecular weight excluding hydrogens is 358 g/mol. The second-order valence-electron chi connectivity index (χ2n) is 5.73. The van der Waals surface area contributed by atoms with E-state index in [1.807, 2.05) is 36.5 Å². The number of benzene rings is 1. The van der Waals surface area contributed by atoms with Gasteiger partial charge in [0.2, 0.25) is 10.0 Å². The second-order valence-corrected chi connectivity index (χ2v) is 8.48. The van der Waals surface area contributed by atoms with Gasteiger partial charge in [0.15, 0.2) is 0 Å². The molecular formula is C17H23N3O3S2. The summed E-state index contributed by atoms with van der Waals surface area (Å²) in [5, 5.41) is 4.89. The summed E-state index contributed by atoms with van der Waals surface area (Å²) in [4.78, 5) is 15.7. The van der Waals surface area contributed by atoms with Crippen molar-refractivity contribution in [1.82, 2.24) is 14.9 Å². The standard InChI is InChI=1S/C17H23N3O3S2/c1-4-19-25(22,23)14-8-5-7-13(11-14)17(21)18-12-15(20(2)3)16-9-6-10-24-16/h5-11,15,19H,4,12H2,1-3H3,(H,18,21). The Balaban J connectivity index is 2.11. The third-order valence-electron chi connectivity index (χ3n) is 3.69. The van der Waals surface area contributed by atoms with Crippen LogP contribution in [0.3, 0.4) is 0 Å². The Hall–Kier alpha value is -1.74. The fraction of sp³-hybridized carbons (Fsp3) is 0.353. The van der Waals surface area contributed by atoms with Crippen LogP contribution in [-0.2, 0) is 10.0 Å². The molecule has 6 nitrogen and oxygen atoms in total. The van der Waals surface area contributed by atoms with E-state index < -0.39 is 10.0 Å². The molecule has 2 aromatic rings. The zero-order chi connectivity index (χ0) is 18.4. The molecule has 0 bridgehead atoms. The minimum Gasteiger partial charge on any atom is -0.350 e. The minimum absolute atomic E-state index is 0.0672. The van der Waals surface area contributed by atoms with E-state index in [9.17, 15) is 13.2 Å². The SMILES string of the molecule is CCNS(=O)(=O)c1cccc(C(=O)NCC(c2cccs2)N(C)C)c1. The van der Waals surface area contributed by atoms with E-state index in [0.717, 1.165) is 4.88 Å². The number of sulfonamides is 1. The van der Waals surface area contributed by atoms with Crippen LogP contribution in [-0.4, -0.2) is 46.4 Å². The first-order valence-corrected chi connectivity index (χ1v) is 10.3. The molecule has 25 heavy (non-hydrogen) atoms. The predicted molar refractivity (Wildman–Crippen MR) is 100 cm³/mol. The number of amides is 1. The monoisotopic (exact) mass is 381 g/mol. The number of rotatable bonds is 8. The van der Waals surface area contributed by atoms with Crippen molar-refractivity contribution in [2.75, 3.05) is 27.2 Å². The Morgan fingerprint density at radius 3 is 2.60 bits per heavy atom. The highest BCUT2D eigenvalue weighted by molar-refractivity contribution is 7.89. The van der Waals surface area contributed by atoms with E-state index in [-0.39, 0.29) is 16.8 Å². The van der Waals surface area contributed by atoms with Crippen LogP contribution in [0.4, 0.5) is 0 Å². The Morgan fingerprint density at radius 2 is 2.00 bits per heavy atom. The van der Waals surface area contributed by atoms with Gasteiger partial charge in [0.25, 0.3) is 5.91 Å². The molecule has 136 valence electrons. The number of nitrogens with zero attached hydrogens (tertiary/aromatic N) is 1. The Bertz CT molecular complexity index is 802. The van der Waals surface area contributed by atoms with Crippen LogP contribution in [0.15, 0.2) is 46.7 Å². The zero-order valence-corrected chi connectivity index (χ0v) is 16.2. The summed E-state index contributed by atoms with van der Waals surface area (Å²) in [6.07, 6.45) is 0. The lowest BCUT2D eigenvalue weighted by molar-refractivity contribution is 0.0942. The van der Waals surface area contributed by atoms with Gasteiger partial charge in [-0.15, -0.1) is 11.3 Å². The molecule has 0 saturated heterocycles. The number of likely N-dealkylation sites (N-methyl/N-ethyl adjacent to an activating group) is 1. The molecule has 0 saturated carbocycles. The maximum atomic E-state index is 12.4. The van der Waals surface area contributed by atoms with Crippen molar-refractivity contribution in [2.24, 2.45) is 0 Å². The first-order chi connectivity index (χ1) is 11.8. The van der Waals surface area contributed by atoms with Crippen LogP contribution in [0, 0.1) is 0 Å². The van der Waals surface area contributed by atoms with Gasteiger partial charge in [-0.3, -0.25) is 4.79 Å². The largest absolute Gasteiger partial charge is 0.350 e. The molecule has 0 spiro atoms. The van der Waals surface area contributed by atoms with Crippen molar-refractivity contribution < 1.29 is 13.2 Å². The fourth-order valence-corrected chi connectivity index (χ4v) is 4.40. The highest BCUT2D eigenvalue weighted by Crippen LogP contribution is 2.22. The molecule has 2 rings (SSSR count). The number of hydrogen-bond acceptors (Lipinski definition) is 5. The molecule has 1 amide bonds. The maximum Gasteiger partial charge on any atom is 0.251 e. The third-order valence-corrected chi connectivity index (χ3v) is 6.21. The van der Waals surface area contributed by atoms with E-state index in [1.165, 1.54) is 12.1 Å². The molecule has 0 fully saturated rings. The van der Waals surface area contributed by atoms with E-state index in [0.29, 0.717) is 18.7 Å². The van der Waals surface area contributed by atoms with Crippen molar-refractivity contribution in [2.45, 2.75) is 17.9 Å². The maximum absolute atomic E-state index is 12.4. The summed E-state index contributed by atoms with van der Waals surface area (Å²) in [5.41, 5.74) is 0.322. The smallest absolute Gasteiger partial charge is 0.251 e. The lowest BCUT2D eigenvalue weighted by Crippen LogP contribution is -2.34. The van der Waals surface area contributed by atoms with Gasteiger partial charge in [-0.25, -0.2) is 13.1 Å². The predicted octanol–water partition coefficient (Wildman–Crippen LogP) is 2.08. The van der Waals surface area contributed by atoms with Crippen molar-refractivity contribution in [1.29, 1.82) is 0 Å². The minimum atomic E-state index is -3.58. The van der Waals surface area contributed by atoms with Gasteiger partial charge in [0.1, 0.15) is 0 Å². The van der Waals surface area contributed by atoms with Crippen molar-refractivity contribution in [3.8, 4) is 0 Å². The summed E-state index contributed by atoms with van der Waals surface area (Å²) in [6, 6.07) is 10.1. The van der Waals surface area contributed by atoms with Crippen molar-refractivity contribution in [3.05, 3.63) is 52.2 Å². The second kappa shape index (κ2) is 8.57. The van der Waals surface area contributed by atoms with E-state index in [1.54, 1.807) is 30.4 Å². The molecule has 8 heteroatoms. The number of thiophene rings is 1. The van der Waals surface area contributed by atoms with Gasteiger partial charge in [-0.1, -0.05) is 19.1 Å². The van der Waals surface area contributed by atoms with Crippen LogP contribution < -0.4 is 10.0 Å². The van der Waals surface area contributed by atoms with Gasteiger partial charge >= 0.3 is 0 Å². The van der Waals surface area contributed by atoms with Gasteiger partial charge < -0.3 is 10.2 Å². The van der Waals surface area contributed by atoms with Crippen LogP contribution in [0.2, 0.25) is 0 Å². The molecule has 1 heterocycles. The molecule has 0 aliphatic heterocycles. The highest BCUT2D eigenvalue weighted by Gasteiger charge is 2.18. The van der Waals surface area contributed by atoms with Crippen LogP contribution in [0.5, 0.6) is 0 Å². The Kier molecular flexibility index (Phi) is 6.71. The summed E-state index contributed by atoms with van der Waals surface area (Å²) in [5.74, 6) is -0.294. The van der Waals surface area contributed by atoms with Crippen LogP contribution in [0.25, 0.3) is 0 Å². The van der Waals surface area contributed by atoms with Crippen molar-refractivity contribution >= 4 is 27.3 Å². The van der Waals surface area contributed by atoms with Gasteiger partial charge in [-0.05, 0) is 43.7 Å². The molecule has 1 aromatic heterocycles. The zero-order valence-electron chi connectivity index (χ0n) is 14.5. The fourth-order valence-electron chi connectivity index (χ4n) is 2.39. The highest BCUT2D eigenvalue weighted by atomic mass is 32.2. The molecule has 0 radical (unpaired) electrons. The lowest BCUT2D eigenvalue weighted by Gasteiger charge is -2.23. The number of carbonyl (C=O) groups is 1. The number of carbonyl (C=O) groups excluding carboxylic acids is 1. The van der Waals surface area contributed by atoms with Crippen LogP contribution in [0.1, 0.15) is 28.2 Å². The molecule has 1 atom stereocenters. The van der Waals surface area contributed by atoms with Gasteiger partial charge in [0.05, 0.1) is 10.9 Å². The quantitative estimate of drug-likeness (QED) is 0.734. The summed E-state index contributed by atoms with van der Waals surface area (Å²) in [7, 11) is 0.334. The normalized spacial score (nSPS) is 13.0.